The summed E-state index contributed by atoms with van der Waals surface area (Å²) < 4.78 is 2.33. The summed E-state index contributed by atoms with van der Waals surface area (Å²) in [6.45, 7) is 0. The third-order valence-corrected chi connectivity index (χ3v) is 11.0. The predicted molar refractivity (Wildman–Crippen MR) is 233 cm³/mol. The van der Waals surface area contributed by atoms with Crippen LogP contribution in [0.4, 0.5) is 0 Å². The van der Waals surface area contributed by atoms with Gasteiger partial charge in [0.25, 0.3) is 0 Å². The van der Waals surface area contributed by atoms with E-state index in [1.54, 1.807) is 0 Å². The van der Waals surface area contributed by atoms with E-state index in [0.717, 1.165) is 72.3 Å². The molecule has 0 aliphatic rings. The van der Waals surface area contributed by atoms with E-state index in [1.165, 1.54) is 21.8 Å². The molecule has 5 nitrogen and oxygen atoms in total. The summed E-state index contributed by atoms with van der Waals surface area (Å²) in [6.07, 6.45) is 0. The van der Waals surface area contributed by atoms with E-state index in [1.807, 2.05) is 66.7 Å². The molecular formula is C52H31N5. The van der Waals surface area contributed by atoms with Gasteiger partial charge in [0, 0.05) is 49.3 Å². The molecule has 264 valence electrons. The van der Waals surface area contributed by atoms with Gasteiger partial charge in [-0.15, -0.1) is 0 Å². The first-order valence-corrected chi connectivity index (χ1v) is 19.0. The minimum absolute atomic E-state index is 0.452. The zero-order chi connectivity index (χ0) is 37.9. The third-order valence-electron chi connectivity index (χ3n) is 11.0. The van der Waals surface area contributed by atoms with Crippen LogP contribution in [-0.4, -0.2) is 19.5 Å². The van der Waals surface area contributed by atoms with Gasteiger partial charge in [-0.3, -0.25) is 0 Å². The second-order valence-corrected chi connectivity index (χ2v) is 14.2. The van der Waals surface area contributed by atoms with E-state index in [4.69, 9.17) is 15.0 Å². The highest BCUT2D eigenvalue weighted by molar-refractivity contribution is 6.22. The number of hydrogen-bond donors (Lipinski definition) is 0. The standard InChI is InChI=1S/C52H31N5/c53-32-36-31-43-47(52-50(36)55-48(34-15-3-1-4-16-34)49(56-52)35-17-5-2-6-18-35)42-23-9-12-24-44(42)54-51(43)41-22-8-7-19-38(41)33-27-29-37(30-28-33)57-45-25-13-10-20-39(45)40-21-11-14-26-46(40)57/h1-31H. The number of rotatable bonds is 5. The maximum absolute atomic E-state index is 10.7. The van der Waals surface area contributed by atoms with Crippen LogP contribution in [0.15, 0.2) is 188 Å². The molecule has 0 aliphatic carbocycles. The summed E-state index contributed by atoms with van der Waals surface area (Å²) >= 11 is 0. The molecule has 5 heteroatoms. The first-order valence-electron chi connectivity index (χ1n) is 19.0. The molecule has 3 aromatic heterocycles. The SMILES string of the molecule is N#Cc1cc2c(-c3ccccc3-c3ccc(-n4c5ccccc5c5ccccc54)cc3)nc3ccccc3c2c2nc(-c3ccccc3)c(-c3ccccc3)nc12. The normalized spacial score (nSPS) is 11.5. The summed E-state index contributed by atoms with van der Waals surface area (Å²) in [5.74, 6) is 0. The number of pyridine rings is 1. The Morgan fingerprint density at radius 3 is 1.56 bits per heavy atom. The molecule has 3 heterocycles. The van der Waals surface area contributed by atoms with Crippen molar-refractivity contribution in [3.63, 3.8) is 0 Å². The van der Waals surface area contributed by atoms with Gasteiger partial charge in [-0.1, -0.05) is 152 Å². The van der Waals surface area contributed by atoms with Gasteiger partial charge in [-0.25, -0.2) is 15.0 Å². The zero-order valence-corrected chi connectivity index (χ0v) is 30.6. The molecule has 0 atom stereocenters. The van der Waals surface area contributed by atoms with Crippen molar-refractivity contribution in [1.82, 2.24) is 19.5 Å². The van der Waals surface area contributed by atoms with Crippen LogP contribution in [0.2, 0.25) is 0 Å². The van der Waals surface area contributed by atoms with E-state index >= 15 is 0 Å². The summed E-state index contributed by atoms with van der Waals surface area (Å²) in [6, 6.07) is 67.2. The molecule has 0 spiro atoms. The van der Waals surface area contributed by atoms with E-state index in [2.05, 4.69) is 132 Å². The lowest BCUT2D eigenvalue weighted by Gasteiger charge is -2.17. The lowest BCUT2D eigenvalue weighted by molar-refractivity contribution is 1.18. The maximum Gasteiger partial charge on any atom is 0.108 e. The number of para-hydroxylation sites is 3. The summed E-state index contributed by atoms with van der Waals surface area (Å²) in [5, 5.41) is 15.9. The van der Waals surface area contributed by atoms with Crippen LogP contribution in [0.3, 0.4) is 0 Å². The largest absolute Gasteiger partial charge is 0.309 e. The minimum atomic E-state index is 0.452. The highest BCUT2D eigenvalue weighted by Gasteiger charge is 2.22. The molecule has 0 bridgehead atoms. The Morgan fingerprint density at radius 2 is 0.930 bits per heavy atom. The van der Waals surface area contributed by atoms with Crippen molar-refractivity contribution in [3.8, 4) is 56.7 Å². The lowest BCUT2D eigenvalue weighted by Crippen LogP contribution is -2.00. The second-order valence-electron chi connectivity index (χ2n) is 14.2. The number of benzene rings is 8. The molecule has 0 saturated heterocycles. The number of aromatic nitrogens is 4. The van der Waals surface area contributed by atoms with Crippen molar-refractivity contribution >= 4 is 54.5 Å². The second kappa shape index (κ2) is 13.1. The average Bonchev–Trinajstić information content (AvgIpc) is 3.63. The van der Waals surface area contributed by atoms with Gasteiger partial charge in [0.2, 0.25) is 0 Å². The van der Waals surface area contributed by atoms with Gasteiger partial charge in [-0.05, 0) is 47.5 Å². The molecule has 8 aromatic carbocycles. The molecule has 0 radical (unpaired) electrons. The van der Waals surface area contributed by atoms with Crippen molar-refractivity contribution in [3.05, 3.63) is 194 Å². The fourth-order valence-corrected chi connectivity index (χ4v) is 8.45. The van der Waals surface area contributed by atoms with Gasteiger partial charge < -0.3 is 4.57 Å². The van der Waals surface area contributed by atoms with Crippen molar-refractivity contribution in [2.24, 2.45) is 0 Å². The summed E-state index contributed by atoms with van der Waals surface area (Å²) in [7, 11) is 0. The van der Waals surface area contributed by atoms with E-state index in [0.29, 0.717) is 16.6 Å². The van der Waals surface area contributed by atoms with Crippen molar-refractivity contribution in [1.29, 1.82) is 5.26 Å². The Morgan fingerprint density at radius 1 is 0.404 bits per heavy atom. The molecule has 11 aromatic rings. The highest BCUT2D eigenvalue weighted by atomic mass is 15.0. The average molecular weight is 726 g/mol. The van der Waals surface area contributed by atoms with Gasteiger partial charge in [0.1, 0.15) is 11.6 Å². The van der Waals surface area contributed by atoms with Crippen LogP contribution in [0.5, 0.6) is 0 Å². The van der Waals surface area contributed by atoms with E-state index in [9.17, 15) is 5.26 Å². The molecule has 0 unspecified atom stereocenters. The Kier molecular flexibility index (Phi) is 7.48. The minimum Gasteiger partial charge on any atom is -0.309 e. The smallest absolute Gasteiger partial charge is 0.108 e. The van der Waals surface area contributed by atoms with Gasteiger partial charge in [0.15, 0.2) is 0 Å². The number of fused-ring (bicyclic) bond motifs is 8. The fourth-order valence-electron chi connectivity index (χ4n) is 8.45. The van der Waals surface area contributed by atoms with Crippen molar-refractivity contribution in [2.45, 2.75) is 0 Å². The monoisotopic (exact) mass is 725 g/mol. The third kappa shape index (κ3) is 5.20. The fraction of sp³-hybridized carbons (Fsp3) is 0. The van der Waals surface area contributed by atoms with Crippen molar-refractivity contribution in [2.75, 3.05) is 0 Å². The summed E-state index contributed by atoms with van der Waals surface area (Å²) in [4.78, 5) is 16.1. The number of nitrogens with zero attached hydrogens (tertiary/aromatic N) is 5. The van der Waals surface area contributed by atoms with Crippen LogP contribution < -0.4 is 0 Å². The highest BCUT2D eigenvalue weighted by Crippen LogP contribution is 2.43. The summed E-state index contributed by atoms with van der Waals surface area (Å²) in [5.41, 5.74) is 13.2. The molecule has 57 heavy (non-hydrogen) atoms. The van der Waals surface area contributed by atoms with Gasteiger partial charge in [0.05, 0.1) is 44.7 Å². The molecular weight excluding hydrogens is 695 g/mol. The van der Waals surface area contributed by atoms with Crippen LogP contribution in [0, 0.1) is 11.3 Å². The molecule has 0 amide bonds. The van der Waals surface area contributed by atoms with Crippen LogP contribution in [-0.2, 0) is 0 Å². The van der Waals surface area contributed by atoms with Gasteiger partial charge in [-0.2, -0.15) is 5.26 Å². The first kappa shape index (κ1) is 32.5. The maximum atomic E-state index is 10.7. The Bertz CT molecular complexity index is 3340. The topological polar surface area (TPSA) is 67.4 Å². The van der Waals surface area contributed by atoms with Crippen LogP contribution in [0.1, 0.15) is 5.56 Å². The van der Waals surface area contributed by atoms with Gasteiger partial charge >= 0.3 is 0 Å². The van der Waals surface area contributed by atoms with E-state index in [-0.39, 0.29) is 0 Å². The number of nitriles is 1. The van der Waals surface area contributed by atoms with E-state index < -0.39 is 0 Å². The van der Waals surface area contributed by atoms with Crippen LogP contribution in [0.25, 0.3) is 105 Å². The molecule has 0 N–H and O–H groups in total. The number of hydrogen-bond acceptors (Lipinski definition) is 4. The van der Waals surface area contributed by atoms with Crippen molar-refractivity contribution < 1.29 is 0 Å². The lowest BCUT2D eigenvalue weighted by atomic mass is 9.92. The molecule has 0 fully saturated rings. The van der Waals surface area contributed by atoms with Crippen LogP contribution >= 0.6 is 0 Å². The molecule has 0 aliphatic heterocycles. The Balaban J connectivity index is 1.15. The molecule has 0 saturated carbocycles. The quantitative estimate of drug-likeness (QED) is 0.166. The Hall–Kier alpha value is -7.94. The molecule has 11 rings (SSSR count). The zero-order valence-electron chi connectivity index (χ0n) is 30.6. The first-order chi connectivity index (χ1) is 28.2. The predicted octanol–water partition coefficient (Wildman–Crippen LogP) is 13.0. The Labute approximate surface area is 328 Å².